The second-order valence-corrected chi connectivity index (χ2v) is 6.12. The number of thiazole rings is 1. The summed E-state index contributed by atoms with van der Waals surface area (Å²) in [5.74, 6) is -1.14. The molecule has 0 saturated heterocycles. The first-order chi connectivity index (χ1) is 11.7. The lowest BCUT2D eigenvalue weighted by atomic mass is 9.93. The Kier molecular flexibility index (Phi) is 4.64. The zero-order chi connectivity index (χ0) is 16.9. The third-order valence-electron chi connectivity index (χ3n) is 3.63. The van der Waals surface area contributed by atoms with Crippen LogP contribution in [0.3, 0.4) is 0 Å². The Morgan fingerprint density at radius 1 is 1.25 bits per heavy atom. The van der Waals surface area contributed by atoms with E-state index < -0.39 is 5.97 Å². The number of hydrogen-bond acceptors (Lipinski definition) is 5. The largest absolute Gasteiger partial charge is 0.481 e. The maximum Gasteiger partial charge on any atom is 0.304 e. The molecule has 1 aromatic carbocycles. The van der Waals surface area contributed by atoms with Gasteiger partial charge in [-0.25, -0.2) is 9.97 Å². The normalized spacial score (nSPS) is 11.6. The summed E-state index contributed by atoms with van der Waals surface area (Å²) in [5.41, 5.74) is 3.07. The lowest BCUT2D eigenvalue weighted by Crippen LogP contribution is -2.07. The van der Waals surface area contributed by atoms with Crippen LogP contribution in [0.5, 0.6) is 0 Å². The summed E-state index contributed by atoms with van der Waals surface area (Å²) in [6.45, 7) is 0. The zero-order valence-electron chi connectivity index (χ0n) is 12.6. The van der Waals surface area contributed by atoms with Crippen LogP contribution >= 0.6 is 11.3 Å². The van der Waals surface area contributed by atoms with Crippen molar-refractivity contribution in [3.8, 4) is 17.2 Å². The highest BCUT2D eigenvalue weighted by Gasteiger charge is 2.20. The molecule has 0 fully saturated rings. The highest BCUT2D eigenvalue weighted by atomic mass is 32.1. The minimum absolute atomic E-state index is 0.0113. The highest BCUT2D eigenvalue weighted by molar-refractivity contribution is 7.09. The van der Waals surface area contributed by atoms with Gasteiger partial charge in [-0.3, -0.25) is 4.79 Å². The summed E-state index contributed by atoms with van der Waals surface area (Å²) in [6, 6.07) is 13.2. The predicted molar refractivity (Wildman–Crippen MR) is 90.6 cm³/mol. The van der Waals surface area contributed by atoms with Crippen LogP contribution in [0.1, 0.15) is 28.6 Å². The molecule has 1 atom stereocenters. The van der Waals surface area contributed by atoms with Gasteiger partial charge >= 0.3 is 5.97 Å². The molecule has 0 amide bonds. The molecule has 5 nitrogen and oxygen atoms in total. The van der Waals surface area contributed by atoms with Crippen molar-refractivity contribution in [2.24, 2.45) is 0 Å². The minimum atomic E-state index is -0.861. The van der Waals surface area contributed by atoms with Crippen molar-refractivity contribution in [2.75, 3.05) is 0 Å². The molecule has 24 heavy (non-hydrogen) atoms. The number of nitrogens with zero attached hydrogens (tertiary/aromatic N) is 3. The third-order valence-corrected chi connectivity index (χ3v) is 4.52. The van der Waals surface area contributed by atoms with Gasteiger partial charge in [-0.15, -0.1) is 11.3 Å². The predicted octanol–water partition coefficient (Wildman–Crippen LogP) is 3.68. The maximum absolute atomic E-state index is 11.2. The van der Waals surface area contributed by atoms with E-state index in [0.717, 1.165) is 21.7 Å². The minimum Gasteiger partial charge on any atom is -0.481 e. The van der Waals surface area contributed by atoms with Gasteiger partial charge in [-0.05, 0) is 23.3 Å². The molecule has 0 bridgehead atoms. The Morgan fingerprint density at radius 2 is 2.12 bits per heavy atom. The van der Waals surface area contributed by atoms with E-state index in [0.29, 0.717) is 5.69 Å². The summed E-state index contributed by atoms with van der Waals surface area (Å²) >= 11 is 1.45. The van der Waals surface area contributed by atoms with E-state index >= 15 is 0 Å². The molecule has 2 heterocycles. The number of carbonyl (C=O) groups is 1. The van der Waals surface area contributed by atoms with Gasteiger partial charge in [0.25, 0.3) is 0 Å². The van der Waals surface area contributed by atoms with Crippen LogP contribution in [0.25, 0.3) is 11.1 Å². The van der Waals surface area contributed by atoms with Gasteiger partial charge in [0.1, 0.15) is 16.8 Å². The third kappa shape index (κ3) is 3.47. The average molecular weight is 335 g/mol. The van der Waals surface area contributed by atoms with Gasteiger partial charge in [0.15, 0.2) is 0 Å². The van der Waals surface area contributed by atoms with Crippen LogP contribution in [0.2, 0.25) is 0 Å². The monoisotopic (exact) mass is 335 g/mol. The van der Waals surface area contributed by atoms with E-state index in [4.69, 9.17) is 5.26 Å². The summed E-state index contributed by atoms with van der Waals surface area (Å²) in [4.78, 5) is 19.6. The second kappa shape index (κ2) is 7.02. The SMILES string of the molecule is N#Cc1ccc(-c2cccc(C(CC(=O)O)c3nccs3)c2)cn1. The van der Waals surface area contributed by atoms with Gasteiger partial charge in [-0.1, -0.05) is 24.3 Å². The molecule has 0 radical (unpaired) electrons. The molecule has 2 aromatic heterocycles. The number of nitriles is 1. The van der Waals surface area contributed by atoms with Crippen LogP contribution in [0.15, 0.2) is 54.2 Å². The second-order valence-electron chi connectivity index (χ2n) is 5.19. The number of carboxylic acids is 1. The average Bonchev–Trinajstić information content (AvgIpc) is 3.14. The molecule has 6 heteroatoms. The number of carboxylic acid groups (broad SMARTS) is 1. The van der Waals surface area contributed by atoms with E-state index in [-0.39, 0.29) is 12.3 Å². The first-order valence-corrected chi connectivity index (χ1v) is 8.13. The van der Waals surface area contributed by atoms with E-state index in [1.807, 2.05) is 41.8 Å². The van der Waals surface area contributed by atoms with E-state index in [2.05, 4.69) is 9.97 Å². The summed E-state index contributed by atoms with van der Waals surface area (Å²) in [7, 11) is 0. The molecule has 0 aliphatic carbocycles. The standard InChI is InChI=1S/C18H13N3O2S/c19-10-15-5-4-14(11-21-15)12-2-1-3-13(8-12)16(9-17(22)23)18-20-6-7-24-18/h1-8,11,16H,9H2,(H,22,23). The molecular weight excluding hydrogens is 322 g/mol. The fourth-order valence-corrected chi connectivity index (χ4v) is 3.26. The number of pyridine rings is 1. The van der Waals surface area contributed by atoms with Crippen LogP contribution in [-0.4, -0.2) is 21.0 Å². The van der Waals surface area contributed by atoms with E-state index in [1.54, 1.807) is 18.5 Å². The fourth-order valence-electron chi connectivity index (χ4n) is 2.49. The summed E-state index contributed by atoms with van der Waals surface area (Å²) < 4.78 is 0. The van der Waals surface area contributed by atoms with E-state index in [9.17, 15) is 9.90 Å². The topological polar surface area (TPSA) is 86.9 Å². The first-order valence-electron chi connectivity index (χ1n) is 7.25. The van der Waals surface area contributed by atoms with Crippen molar-refractivity contribution in [1.82, 2.24) is 9.97 Å². The lowest BCUT2D eigenvalue weighted by molar-refractivity contribution is -0.137. The van der Waals surface area contributed by atoms with Crippen LogP contribution < -0.4 is 0 Å². The van der Waals surface area contributed by atoms with Crippen LogP contribution in [-0.2, 0) is 4.79 Å². The van der Waals surface area contributed by atoms with Crippen LogP contribution in [0, 0.1) is 11.3 Å². The molecule has 0 aliphatic rings. The molecule has 0 aliphatic heterocycles. The van der Waals surface area contributed by atoms with Crippen LogP contribution in [0.4, 0.5) is 0 Å². The van der Waals surface area contributed by atoms with Gasteiger partial charge in [0.2, 0.25) is 0 Å². The van der Waals surface area contributed by atoms with Gasteiger partial charge in [-0.2, -0.15) is 5.26 Å². The number of aliphatic carboxylic acids is 1. The molecule has 0 saturated carbocycles. The van der Waals surface area contributed by atoms with Gasteiger partial charge in [0, 0.05) is 29.3 Å². The quantitative estimate of drug-likeness (QED) is 0.768. The Morgan fingerprint density at radius 3 is 2.75 bits per heavy atom. The molecular formula is C18H13N3O2S. The summed E-state index contributed by atoms with van der Waals surface area (Å²) in [5, 5.41) is 20.7. The lowest BCUT2D eigenvalue weighted by Gasteiger charge is -2.14. The van der Waals surface area contributed by atoms with Gasteiger partial charge < -0.3 is 5.11 Å². The molecule has 118 valence electrons. The maximum atomic E-state index is 11.2. The Labute approximate surface area is 142 Å². The highest BCUT2D eigenvalue weighted by Crippen LogP contribution is 2.32. The Hall–Kier alpha value is -3.04. The molecule has 1 unspecified atom stereocenters. The zero-order valence-corrected chi connectivity index (χ0v) is 13.4. The van der Waals surface area contributed by atoms with Gasteiger partial charge in [0.05, 0.1) is 6.42 Å². The van der Waals surface area contributed by atoms with Crippen molar-refractivity contribution >= 4 is 17.3 Å². The molecule has 0 spiro atoms. The van der Waals surface area contributed by atoms with E-state index in [1.165, 1.54) is 11.3 Å². The van der Waals surface area contributed by atoms with Crippen molar-refractivity contribution in [2.45, 2.75) is 12.3 Å². The number of aromatic nitrogens is 2. The number of hydrogen-bond donors (Lipinski definition) is 1. The van der Waals surface area contributed by atoms with Crippen molar-refractivity contribution in [3.63, 3.8) is 0 Å². The number of rotatable bonds is 5. The first kappa shape index (κ1) is 15.8. The fraction of sp³-hybridized carbons (Fsp3) is 0.111. The molecule has 1 N–H and O–H groups in total. The van der Waals surface area contributed by atoms with Crippen molar-refractivity contribution in [3.05, 3.63) is 70.4 Å². The Bertz CT molecular complexity index is 883. The summed E-state index contributed by atoms with van der Waals surface area (Å²) in [6.07, 6.45) is 3.32. The Balaban J connectivity index is 1.98. The molecule has 3 aromatic rings. The van der Waals surface area contributed by atoms with Crippen molar-refractivity contribution in [1.29, 1.82) is 5.26 Å². The number of benzene rings is 1. The molecule has 3 rings (SSSR count). The smallest absolute Gasteiger partial charge is 0.304 e. The van der Waals surface area contributed by atoms with Crippen molar-refractivity contribution < 1.29 is 9.90 Å².